The number of nitrogens with zero attached hydrogens (tertiary/aromatic N) is 2. The molecule has 2 rings (SSSR count). The van der Waals surface area contributed by atoms with Crippen LogP contribution in [0.5, 0.6) is 5.75 Å². The minimum absolute atomic E-state index is 0.125. The molecule has 1 unspecified atom stereocenters. The molecule has 8 nitrogen and oxygen atoms in total. The smallest absolute Gasteiger partial charge is 0.346 e. The SMILES string of the molecule is COC(=O)C(C)Oc1ccc(Nc2ncc(Br)cc2[N+](=O)[O-])cc1. The fraction of sp³-hybridized carbons (Fsp3) is 0.200. The number of hydrogen-bond donors (Lipinski definition) is 1. The lowest BCUT2D eigenvalue weighted by atomic mass is 10.3. The Balaban J connectivity index is 2.12. The summed E-state index contributed by atoms with van der Waals surface area (Å²) < 4.78 is 10.5. The fourth-order valence-corrected chi connectivity index (χ4v) is 2.16. The molecule has 0 aliphatic rings. The lowest BCUT2D eigenvalue weighted by Crippen LogP contribution is -2.24. The van der Waals surface area contributed by atoms with Gasteiger partial charge in [-0.05, 0) is 47.1 Å². The first-order valence-electron chi connectivity index (χ1n) is 6.82. The number of halogens is 1. The Morgan fingerprint density at radius 1 is 1.38 bits per heavy atom. The lowest BCUT2D eigenvalue weighted by Gasteiger charge is -2.13. The summed E-state index contributed by atoms with van der Waals surface area (Å²) in [5.41, 5.74) is 0.440. The molecule has 1 atom stereocenters. The van der Waals surface area contributed by atoms with Gasteiger partial charge in [0.15, 0.2) is 6.10 Å². The van der Waals surface area contributed by atoms with Gasteiger partial charge in [-0.1, -0.05) is 0 Å². The summed E-state index contributed by atoms with van der Waals surface area (Å²) in [4.78, 5) is 25.9. The Morgan fingerprint density at radius 2 is 2.04 bits per heavy atom. The van der Waals surface area contributed by atoms with Crippen LogP contribution in [0.4, 0.5) is 17.2 Å². The molecule has 0 aliphatic heterocycles. The van der Waals surface area contributed by atoms with Crippen molar-refractivity contribution >= 4 is 39.1 Å². The van der Waals surface area contributed by atoms with Crippen molar-refractivity contribution in [2.45, 2.75) is 13.0 Å². The van der Waals surface area contributed by atoms with E-state index in [0.717, 1.165) is 0 Å². The second-order valence-corrected chi connectivity index (χ2v) is 5.63. The largest absolute Gasteiger partial charge is 0.479 e. The average Bonchev–Trinajstić information content (AvgIpc) is 2.57. The van der Waals surface area contributed by atoms with E-state index in [9.17, 15) is 14.9 Å². The molecule has 2 aromatic rings. The summed E-state index contributed by atoms with van der Waals surface area (Å²) in [6.45, 7) is 1.58. The van der Waals surface area contributed by atoms with E-state index in [2.05, 4.69) is 31.0 Å². The first-order chi connectivity index (χ1) is 11.4. The normalized spacial score (nSPS) is 11.5. The van der Waals surface area contributed by atoms with Crippen LogP contribution in [0.15, 0.2) is 41.0 Å². The molecule has 0 bridgehead atoms. The zero-order valence-electron chi connectivity index (χ0n) is 12.9. The van der Waals surface area contributed by atoms with Crippen LogP contribution in [-0.4, -0.2) is 29.1 Å². The van der Waals surface area contributed by atoms with E-state index < -0.39 is 17.0 Å². The van der Waals surface area contributed by atoms with E-state index in [0.29, 0.717) is 15.9 Å². The molecule has 0 saturated carbocycles. The Hall–Kier alpha value is -2.68. The Morgan fingerprint density at radius 3 is 2.62 bits per heavy atom. The third-order valence-electron chi connectivity index (χ3n) is 2.99. The molecule has 0 aliphatic carbocycles. The van der Waals surface area contributed by atoms with Crippen LogP contribution in [0.3, 0.4) is 0 Å². The van der Waals surface area contributed by atoms with E-state index in [1.807, 2.05) is 0 Å². The van der Waals surface area contributed by atoms with Crippen molar-refractivity contribution in [2.75, 3.05) is 12.4 Å². The zero-order chi connectivity index (χ0) is 17.7. The molecule has 0 fully saturated rings. The van der Waals surface area contributed by atoms with Gasteiger partial charge >= 0.3 is 11.7 Å². The zero-order valence-corrected chi connectivity index (χ0v) is 14.4. The Bertz CT molecular complexity index is 751. The number of ether oxygens (including phenoxy) is 2. The highest BCUT2D eigenvalue weighted by Crippen LogP contribution is 2.28. The first kappa shape index (κ1) is 17.7. The van der Waals surface area contributed by atoms with Crippen LogP contribution >= 0.6 is 15.9 Å². The number of methoxy groups -OCH3 is 1. The summed E-state index contributed by atoms with van der Waals surface area (Å²) >= 11 is 3.15. The number of anilines is 2. The quantitative estimate of drug-likeness (QED) is 0.453. The van der Waals surface area contributed by atoms with Crippen LogP contribution in [0.25, 0.3) is 0 Å². The maximum Gasteiger partial charge on any atom is 0.346 e. The molecular weight excluding hydrogens is 382 g/mol. The molecule has 1 aromatic heterocycles. The maximum atomic E-state index is 11.3. The van der Waals surface area contributed by atoms with E-state index >= 15 is 0 Å². The molecule has 1 N–H and O–H groups in total. The van der Waals surface area contributed by atoms with Crippen LogP contribution in [-0.2, 0) is 9.53 Å². The van der Waals surface area contributed by atoms with Gasteiger partial charge < -0.3 is 14.8 Å². The van der Waals surface area contributed by atoms with Crippen LogP contribution < -0.4 is 10.1 Å². The van der Waals surface area contributed by atoms with Gasteiger partial charge in [0.2, 0.25) is 5.82 Å². The molecule has 0 spiro atoms. The number of carbonyl (C=O) groups is 1. The standard InChI is InChI=1S/C15H14BrN3O5/c1-9(15(20)23-2)24-12-5-3-11(4-6-12)18-14-13(19(21)22)7-10(16)8-17-14/h3-9H,1-2H3,(H,17,18). The topological polar surface area (TPSA) is 104 Å². The van der Waals surface area contributed by atoms with Crippen molar-refractivity contribution in [3.8, 4) is 5.75 Å². The van der Waals surface area contributed by atoms with Gasteiger partial charge in [0.25, 0.3) is 0 Å². The summed E-state index contributed by atoms with van der Waals surface area (Å²) in [5, 5.41) is 13.9. The van der Waals surface area contributed by atoms with Crippen molar-refractivity contribution in [3.05, 3.63) is 51.1 Å². The average molecular weight is 396 g/mol. The minimum Gasteiger partial charge on any atom is -0.479 e. The molecule has 1 heterocycles. The molecule has 0 saturated heterocycles. The van der Waals surface area contributed by atoms with Gasteiger partial charge in [0.05, 0.1) is 12.0 Å². The third kappa shape index (κ3) is 4.42. The van der Waals surface area contributed by atoms with E-state index in [-0.39, 0.29) is 11.5 Å². The monoisotopic (exact) mass is 395 g/mol. The molecular formula is C15H14BrN3O5. The number of aromatic nitrogens is 1. The van der Waals surface area contributed by atoms with Crippen LogP contribution in [0.2, 0.25) is 0 Å². The van der Waals surface area contributed by atoms with Gasteiger partial charge in [0.1, 0.15) is 5.75 Å². The number of pyridine rings is 1. The van der Waals surface area contributed by atoms with Gasteiger partial charge in [-0.3, -0.25) is 10.1 Å². The second-order valence-electron chi connectivity index (χ2n) is 4.71. The maximum absolute atomic E-state index is 11.3. The van der Waals surface area contributed by atoms with Gasteiger partial charge in [-0.25, -0.2) is 9.78 Å². The molecule has 1 aromatic carbocycles. The summed E-state index contributed by atoms with van der Waals surface area (Å²) in [5.74, 6) is 0.114. The molecule has 0 radical (unpaired) electrons. The molecule has 0 amide bonds. The van der Waals surface area contributed by atoms with Gasteiger partial charge in [-0.2, -0.15) is 0 Å². The lowest BCUT2D eigenvalue weighted by molar-refractivity contribution is -0.384. The highest BCUT2D eigenvalue weighted by Gasteiger charge is 2.17. The number of nitro groups is 1. The number of rotatable bonds is 6. The van der Waals surface area contributed by atoms with Crippen molar-refractivity contribution in [1.82, 2.24) is 4.98 Å². The summed E-state index contributed by atoms with van der Waals surface area (Å²) in [6, 6.07) is 7.95. The Labute approximate surface area is 146 Å². The van der Waals surface area contributed by atoms with E-state index in [4.69, 9.17) is 4.74 Å². The second kappa shape index (κ2) is 7.73. The summed E-state index contributed by atoms with van der Waals surface area (Å²) in [6.07, 6.45) is 0.730. The number of nitrogens with one attached hydrogen (secondary N) is 1. The molecule has 24 heavy (non-hydrogen) atoms. The number of benzene rings is 1. The van der Waals surface area contributed by atoms with Crippen LogP contribution in [0, 0.1) is 10.1 Å². The summed E-state index contributed by atoms with van der Waals surface area (Å²) in [7, 11) is 1.29. The van der Waals surface area contributed by atoms with E-state index in [1.54, 1.807) is 31.2 Å². The highest BCUT2D eigenvalue weighted by molar-refractivity contribution is 9.10. The number of carbonyl (C=O) groups excluding carboxylic acids is 1. The van der Waals surface area contributed by atoms with Gasteiger partial charge in [0, 0.05) is 22.4 Å². The predicted molar refractivity (Wildman–Crippen MR) is 90.4 cm³/mol. The fourth-order valence-electron chi connectivity index (χ4n) is 1.84. The van der Waals surface area contributed by atoms with Crippen molar-refractivity contribution in [3.63, 3.8) is 0 Å². The van der Waals surface area contributed by atoms with Crippen molar-refractivity contribution in [2.24, 2.45) is 0 Å². The van der Waals surface area contributed by atoms with Crippen molar-refractivity contribution in [1.29, 1.82) is 0 Å². The predicted octanol–water partition coefficient (Wildman–Crippen LogP) is 3.44. The van der Waals surface area contributed by atoms with Gasteiger partial charge in [-0.15, -0.1) is 0 Å². The first-order valence-corrected chi connectivity index (χ1v) is 7.61. The van der Waals surface area contributed by atoms with Crippen LogP contribution in [0.1, 0.15) is 6.92 Å². The third-order valence-corrected chi connectivity index (χ3v) is 3.43. The molecule has 9 heteroatoms. The van der Waals surface area contributed by atoms with E-state index in [1.165, 1.54) is 19.4 Å². The van der Waals surface area contributed by atoms with Crippen molar-refractivity contribution < 1.29 is 19.2 Å². The minimum atomic E-state index is -0.733. The Kier molecular flexibility index (Phi) is 5.69. The number of esters is 1. The highest BCUT2D eigenvalue weighted by atomic mass is 79.9. The number of hydrogen-bond acceptors (Lipinski definition) is 7. The molecule has 126 valence electrons.